The number of hydrogen-bond donors (Lipinski definition) is 1. The molecule has 0 aliphatic carbocycles. The second kappa shape index (κ2) is 13.4. The van der Waals surface area contributed by atoms with E-state index in [1.165, 1.54) is 38.5 Å². The van der Waals surface area contributed by atoms with Gasteiger partial charge in [0.1, 0.15) is 0 Å². The summed E-state index contributed by atoms with van der Waals surface area (Å²) in [5.74, 6) is -0.0438. The van der Waals surface area contributed by atoms with Gasteiger partial charge in [0.15, 0.2) is 0 Å². The molecule has 20 heavy (non-hydrogen) atoms. The van der Waals surface area contributed by atoms with Crippen LogP contribution in [0.5, 0.6) is 0 Å². The smallest absolute Gasteiger partial charge is 0.306 e. The molecule has 120 valence electrons. The van der Waals surface area contributed by atoms with E-state index in [0.29, 0.717) is 12.5 Å². The minimum Gasteiger partial charge on any atom is -0.463 e. The molecule has 0 spiro atoms. The third kappa shape index (κ3) is 15.5. The average Bonchev–Trinajstić information content (AvgIpc) is 2.34. The Balaban J connectivity index is 3.11. The van der Waals surface area contributed by atoms with Crippen LogP contribution in [0.4, 0.5) is 0 Å². The number of ether oxygens (including phenoxy) is 1. The summed E-state index contributed by atoms with van der Waals surface area (Å²) in [6, 6.07) is 0.609. The zero-order chi connectivity index (χ0) is 15.2. The van der Waals surface area contributed by atoms with E-state index < -0.39 is 0 Å². The number of nitrogens with one attached hydrogen (secondary N) is 1. The van der Waals surface area contributed by atoms with Crippen LogP contribution in [-0.2, 0) is 9.53 Å². The minimum atomic E-state index is -0.0438. The number of carbonyl (C=O) groups excluding carboxylic acids is 1. The van der Waals surface area contributed by atoms with Crippen LogP contribution in [0, 0.1) is 0 Å². The highest BCUT2D eigenvalue weighted by Crippen LogP contribution is 2.10. The maximum atomic E-state index is 11.3. The summed E-state index contributed by atoms with van der Waals surface area (Å²) in [4.78, 5) is 11.3. The molecule has 0 bridgehead atoms. The first-order chi connectivity index (χ1) is 9.52. The normalized spacial score (nSPS) is 11.3. The molecule has 0 amide bonds. The molecular formula is C17H35NO2. The zero-order valence-corrected chi connectivity index (χ0v) is 14.0. The van der Waals surface area contributed by atoms with Crippen LogP contribution in [0.3, 0.4) is 0 Å². The second-order valence-corrected chi connectivity index (χ2v) is 6.23. The Labute approximate surface area is 125 Å². The summed E-state index contributed by atoms with van der Waals surface area (Å²) in [5.41, 5.74) is 0. The van der Waals surface area contributed by atoms with E-state index in [1.54, 1.807) is 0 Å². The van der Waals surface area contributed by atoms with Crippen LogP contribution >= 0.6 is 0 Å². The fourth-order valence-corrected chi connectivity index (χ4v) is 2.17. The molecule has 0 radical (unpaired) electrons. The fraction of sp³-hybridized carbons (Fsp3) is 0.941. The van der Waals surface area contributed by atoms with Gasteiger partial charge in [-0.3, -0.25) is 4.79 Å². The maximum Gasteiger partial charge on any atom is 0.306 e. The molecule has 0 heterocycles. The first-order valence-corrected chi connectivity index (χ1v) is 8.45. The number of esters is 1. The monoisotopic (exact) mass is 285 g/mol. The fourth-order valence-electron chi connectivity index (χ4n) is 2.17. The zero-order valence-electron chi connectivity index (χ0n) is 14.0. The summed E-state index contributed by atoms with van der Waals surface area (Å²) in [5, 5.41) is 3.44. The predicted octanol–water partition coefficient (Wildman–Crippen LogP) is 4.45. The van der Waals surface area contributed by atoms with E-state index in [1.807, 2.05) is 13.8 Å². The summed E-state index contributed by atoms with van der Waals surface area (Å²) in [6.07, 6.45) is 10.6. The van der Waals surface area contributed by atoms with Crippen molar-refractivity contribution >= 4 is 5.97 Å². The predicted molar refractivity (Wildman–Crippen MR) is 85.9 cm³/mol. The Bertz CT molecular complexity index is 227. The molecule has 0 aliphatic heterocycles. The highest BCUT2D eigenvalue weighted by Gasteiger charge is 2.04. The van der Waals surface area contributed by atoms with E-state index in [-0.39, 0.29) is 12.1 Å². The molecule has 3 heteroatoms. The molecule has 0 saturated carbocycles. The maximum absolute atomic E-state index is 11.3. The van der Waals surface area contributed by atoms with Crippen LogP contribution < -0.4 is 5.32 Å². The number of unbranched alkanes of at least 4 members (excludes halogenated alkanes) is 7. The van der Waals surface area contributed by atoms with Gasteiger partial charge in [-0.1, -0.05) is 52.4 Å². The van der Waals surface area contributed by atoms with Crippen LogP contribution in [0.25, 0.3) is 0 Å². The van der Waals surface area contributed by atoms with Gasteiger partial charge in [-0.05, 0) is 33.2 Å². The molecule has 0 atom stereocenters. The lowest BCUT2D eigenvalue weighted by Gasteiger charge is -2.08. The molecule has 0 aromatic rings. The van der Waals surface area contributed by atoms with Gasteiger partial charge >= 0.3 is 5.97 Å². The van der Waals surface area contributed by atoms with Gasteiger partial charge < -0.3 is 10.1 Å². The van der Waals surface area contributed by atoms with E-state index >= 15 is 0 Å². The van der Waals surface area contributed by atoms with Crippen molar-refractivity contribution < 1.29 is 9.53 Å². The Morgan fingerprint density at radius 3 is 1.85 bits per heavy atom. The van der Waals surface area contributed by atoms with Crippen molar-refractivity contribution in [1.29, 1.82) is 0 Å². The Morgan fingerprint density at radius 2 is 1.35 bits per heavy atom. The third-order valence-electron chi connectivity index (χ3n) is 3.23. The van der Waals surface area contributed by atoms with Crippen LogP contribution in [-0.4, -0.2) is 24.7 Å². The van der Waals surface area contributed by atoms with Crippen molar-refractivity contribution in [1.82, 2.24) is 5.32 Å². The van der Waals surface area contributed by atoms with Crippen molar-refractivity contribution in [3.8, 4) is 0 Å². The van der Waals surface area contributed by atoms with Crippen molar-refractivity contribution in [3.05, 3.63) is 0 Å². The SMILES string of the molecule is CC(C)NCCCCCCCCCCC(=O)OC(C)C. The van der Waals surface area contributed by atoms with E-state index in [0.717, 1.165) is 19.4 Å². The number of hydrogen-bond acceptors (Lipinski definition) is 3. The van der Waals surface area contributed by atoms with Gasteiger partial charge in [0, 0.05) is 12.5 Å². The summed E-state index contributed by atoms with van der Waals surface area (Å²) >= 11 is 0. The first kappa shape index (κ1) is 19.4. The van der Waals surface area contributed by atoms with Gasteiger partial charge in [0.2, 0.25) is 0 Å². The van der Waals surface area contributed by atoms with Crippen molar-refractivity contribution in [2.45, 2.75) is 97.6 Å². The van der Waals surface area contributed by atoms with Gasteiger partial charge in [-0.25, -0.2) is 0 Å². The third-order valence-corrected chi connectivity index (χ3v) is 3.23. The van der Waals surface area contributed by atoms with E-state index in [9.17, 15) is 4.79 Å². The number of carbonyl (C=O) groups is 1. The van der Waals surface area contributed by atoms with Crippen molar-refractivity contribution in [2.24, 2.45) is 0 Å². The molecule has 0 aromatic carbocycles. The molecule has 0 saturated heterocycles. The van der Waals surface area contributed by atoms with E-state index in [4.69, 9.17) is 4.74 Å². The van der Waals surface area contributed by atoms with Crippen LogP contribution in [0.2, 0.25) is 0 Å². The van der Waals surface area contributed by atoms with Crippen molar-refractivity contribution in [2.75, 3.05) is 6.54 Å². The largest absolute Gasteiger partial charge is 0.463 e. The Hall–Kier alpha value is -0.570. The molecule has 0 unspecified atom stereocenters. The lowest BCUT2D eigenvalue weighted by Crippen LogP contribution is -2.23. The summed E-state index contributed by atoms with van der Waals surface area (Å²) < 4.78 is 5.10. The Morgan fingerprint density at radius 1 is 0.850 bits per heavy atom. The highest BCUT2D eigenvalue weighted by atomic mass is 16.5. The highest BCUT2D eigenvalue weighted by molar-refractivity contribution is 5.69. The van der Waals surface area contributed by atoms with Gasteiger partial charge in [-0.2, -0.15) is 0 Å². The standard InChI is InChI=1S/C17H35NO2/c1-15(2)18-14-12-10-8-6-5-7-9-11-13-17(19)20-16(3)4/h15-16,18H,5-14H2,1-4H3. The lowest BCUT2D eigenvalue weighted by atomic mass is 10.1. The van der Waals surface area contributed by atoms with Crippen LogP contribution in [0.1, 0.15) is 85.5 Å². The molecule has 0 rings (SSSR count). The average molecular weight is 285 g/mol. The second-order valence-electron chi connectivity index (χ2n) is 6.23. The van der Waals surface area contributed by atoms with Gasteiger partial charge in [0.25, 0.3) is 0 Å². The molecule has 0 aliphatic rings. The first-order valence-electron chi connectivity index (χ1n) is 8.45. The van der Waals surface area contributed by atoms with Crippen molar-refractivity contribution in [3.63, 3.8) is 0 Å². The summed E-state index contributed by atoms with van der Waals surface area (Å²) in [7, 11) is 0. The number of rotatable bonds is 13. The topological polar surface area (TPSA) is 38.3 Å². The van der Waals surface area contributed by atoms with E-state index in [2.05, 4.69) is 19.2 Å². The Kier molecular flexibility index (Phi) is 13.0. The quantitative estimate of drug-likeness (QED) is 0.401. The molecule has 3 nitrogen and oxygen atoms in total. The van der Waals surface area contributed by atoms with Gasteiger partial charge in [0.05, 0.1) is 6.10 Å². The lowest BCUT2D eigenvalue weighted by molar-refractivity contribution is -0.147. The van der Waals surface area contributed by atoms with Gasteiger partial charge in [-0.15, -0.1) is 0 Å². The van der Waals surface area contributed by atoms with Crippen LogP contribution in [0.15, 0.2) is 0 Å². The minimum absolute atomic E-state index is 0.0210. The molecule has 0 aromatic heterocycles. The molecule has 1 N–H and O–H groups in total. The molecular weight excluding hydrogens is 250 g/mol. The summed E-state index contributed by atoms with van der Waals surface area (Å²) in [6.45, 7) is 9.33. The molecule has 0 fully saturated rings.